The summed E-state index contributed by atoms with van der Waals surface area (Å²) >= 11 is 3.61. The number of benzene rings is 1. The molecule has 0 saturated carbocycles. The molecular weight excluding hydrogens is 318 g/mol. The summed E-state index contributed by atoms with van der Waals surface area (Å²) in [5, 5.41) is 3.41. The molecule has 0 saturated heterocycles. The number of hydrogen-bond acceptors (Lipinski definition) is 3. The highest BCUT2D eigenvalue weighted by Gasteiger charge is 2.03. The van der Waals surface area contributed by atoms with Gasteiger partial charge >= 0.3 is 0 Å². The molecular formula is C16H26BrNO2. The van der Waals surface area contributed by atoms with E-state index in [4.69, 9.17) is 9.47 Å². The van der Waals surface area contributed by atoms with Crippen LogP contribution in [0.3, 0.4) is 0 Å². The first-order valence-electron chi connectivity index (χ1n) is 7.29. The zero-order chi connectivity index (χ0) is 14.8. The van der Waals surface area contributed by atoms with Crippen molar-refractivity contribution in [2.75, 3.05) is 19.8 Å². The Morgan fingerprint density at radius 1 is 1.15 bits per heavy atom. The summed E-state index contributed by atoms with van der Waals surface area (Å²) in [4.78, 5) is 0. The van der Waals surface area contributed by atoms with Crippen molar-refractivity contribution < 1.29 is 9.47 Å². The van der Waals surface area contributed by atoms with Crippen molar-refractivity contribution in [2.45, 2.75) is 46.4 Å². The lowest BCUT2D eigenvalue weighted by atomic mass is 10.1. The van der Waals surface area contributed by atoms with Crippen molar-refractivity contribution in [1.82, 2.24) is 5.32 Å². The van der Waals surface area contributed by atoms with E-state index in [2.05, 4.69) is 60.2 Å². The van der Waals surface area contributed by atoms with Gasteiger partial charge in [-0.3, -0.25) is 0 Å². The van der Waals surface area contributed by atoms with Crippen molar-refractivity contribution in [2.24, 2.45) is 0 Å². The molecule has 0 aromatic heterocycles. The van der Waals surface area contributed by atoms with E-state index in [0.717, 1.165) is 24.0 Å². The summed E-state index contributed by atoms with van der Waals surface area (Å²) in [5.74, 6) is 0. The van der Waals surface area contributed by atoms with Crippen LogP contribution in [-0.2, 0) is 22.6 Å². The molecule has 0 bridgehead atoms. The Kier molecular flexibility index (Phi) is 9.10. The lowest BCUT2D eigenvalue weighted by Crippen LogP contribution is -2.21. The van der Waals surface area contributed by atoms with E-state index in [1.54, 1.807) is 0 Å². The average Bonchev–Trinajstić information content (AvgIpc) is 2.42. The topological polar surface area (TPSA) is 30.5 Å². The molecule has 0 aliphatic heterocycles. The number of ether oxygens (including phenoxy) is 2. The highest BCUT2D eigenvalue weighted by molar-refractivity contribution is 9.10. The van der Waals surface area contributed by atoms with E-state index in [9.17, 15) is 0 Å². The van der Waals surface area contributed by atoms with Crippen molar-refractivity contribution in [3.63, 3.8) is 0 Å². The first-order chi connectivity index (χ1) is 9.63. The molecule has 1 rings (SSSR count). The Hall–Kier alpha value is -0.420. The van der Waals surface area contributed by atoms with Crippen molar-refractivity contribution in [1.29, 1.82) is 0 Å². The number of nitrogens with one attached hydrogen (secondary N) is 1. The second kappa shape index (κ2) is 10.3. The second-order valence-corrected chi connectivity index (χ2v) is 5.98. The first-order valence-corrected chi connectivity index (χ1v) is 8.09. The number of rotatable bonds is 10. The lowest BCUT2D eigenvalue weighted by molar-refractivity contribution is 0.0406. The average molecular weight is 344 g/mol. The Balaban J connectivity index is 2.32. The van der Waals surface area contributed by atoms with Crippen LogP contribution >= 0.6 is 15.9 Å². The van der Waals surface area contributed by atoms with Gasteiger partial charge in [-0.15, -0.1) is 0 Å². The van der Waals surface area contributed by atoms with Crippen LogP contribution in [0.15, 0.2) is 22.7 Å². The molecule has 0 fully saturated rings. The van der Waals surface area contributed by atoms with Crippen LogP contribution in [0.2, 0.25) is 0 Å². The van der Waals surface area contributed by atoms with Gasteiger partial charge in [0.1, 0.15) is 0 Å². The maximum atomic E-state index is 5.61. The van der Waals surface area contributed by atoms with E-state index < -0.39 is 0 Å². The molecule has 1 N–H and O–H groups in total. The second-order valence-electron chi connectivity index (χ2n) is 5.13. The molecule has 20 heavy (non-hydrogen) atoms. The van der Waals surface area contributed by atoms with Crippen LogP contribution in [0, 0.1) is 0 Å². The molecule has 0 heterocycles. The first kappa shape index (κ1) is 17.6. The van der Waals surface area contributed by atoms with Crippen molar-refractivity contribution in [3.05, 3.63) is 33.8 Å². The molecule has 0 unspecified atom stereocenters. The van der Waals surface area contributed by atoms with E-state index in [1.807, 2.05) is 0 Å². The molecule has 0 aliphatic rings. The van der Waals surface area contributed by atoms with Gasteiger partial charge in [0, 0.05) is 23.7 Å². The van der Waals surface area contributed by atoms with E-state index in [1.165, 1.54) is 11.1 Å². The summed E-state index contributed by atoms with van der Waals surface area (Å²) < 4.78 is 12.1. The van der Waals surface area contributed by atoms with Gasteiger partial charge in [0.05, 0.1) is 19.8 Å². The van der Waals surface area contributed by atoms with Gasteiger partial charge in [0.2, 0.25) is 0 Å². The fraction of sp³-hybridized carbons (Fsp3) is 0.625. The van der Waals surface area contributed by atoms with Gasteiger partial charge in [-0.05, 0) is 23.6 Å². The summed E-state index contributed by atoms with van der Waals surface area (Å²) in [6.07, 6.45) is 1.05. The maximum Gasteiger partial charge on any atom is 0.0728 e. The van der Waals surface area contributed by atoms with E-state index in [-0.39, 0.29) is 0 Å². The number of halogens is 1. The van der Waals surface area contributed by atoms with E-state index >= 15 is 0 Å². The SMILES string of the molecule is CCCOCCOCc1ccc(CNC(C)C)cc1Br. The minimum absolute atomic E-state index is 0.500. The highest BCUT2D eigenvalue weighted by Crippen LogP contribution is 2.19. The van der Waals surface area contributed by atoms with Gasteiger partial charge in [-0.1, -0.05) is 48.8 Å². The van der Waals surface area contributed by atoms with Crippen molar-refractivity contribution >= 4 is 15.9 Å². The van der Waals surface area contributed by atoms with Gasteiger partial charge in [-0.25, -0.2) is 0 Å². The van der Waals surface area contributed by atoms with Gasteiger partial charge < -0.3 is 14.8 Å². The summed E-state index contributed by atoms with van der Waals surface area (Å²) in [6, 6.07) is 6.92. The van der Waals surface area contributed by atoms with Crippen LogP contribution < -0.4 is 5.32 Å². The van der Waals surface area contributed by atoms with Gasteiger partial charge in [0.15, 0.2) is 0 Å². The predicted molar refractivity (Wildman–Crippen MR) is 86.9 cm³/mol. The van der Waals surface area contributed by atoms with Crippen LogP contribution in [0.5, 0.6) is 0 Å². The third-order valence-corrected chi connectivity index (χ3v) is 3.55. The smallest absolute Gasteiger partial charge is 0.0728 e. The predicted octanol–water partition coefficient (Wildman–Crippen LogP) is 3.89. The quantitative estimate of drug-likeness (QED) is 0.653. The Labute approximate surface area is 131 Å². The minimum Gasteiger partial charge on any atom is -0.379 e. The summed E-state index contributed by atoms with van der Waals surface area (Å²) in [6.45, 7) is 10.0. The molecule has 3 nitrogen and oxygen atoms in total. The molecule has 1 aromatic carbocycles. The minimum atomic E-state index is 0.500. The fourth-order valence-corrected chi connectivity index (χ4v) is 2.23. The van der Waals surface area contributed by atoms with Crippen LogP contribution in [-0.4, -0.2) is 25.9 Å². The Morgan fingerprint density at radius 3 is 2.55 bits per heavy atom. The number of hydrogen-bond donors (Lipinski definition) is 1. The monoisotopic (exact) mass is 343 g/mol. The van der Waals surface area contributed by atoms with Crippen LogP contribution in [0.4, 0.5) is 0 Å². The zero-order valence-electron chi connectivity index (χ0n) is 12.7. The third kappa shape index (κ3) is 7.39. The molecule has 114 valence electrons. The summed E-state index contributed by atoms with van der Waals surface area (Å²) in [7, 11) is 0. The molecule has 0 amide bonds. The molecule has 0 radical (unpaired) electrons. The molecule has 0 spiro atoms. The highest BCUT2D eigenvalue weighted by atomic mass is 79.9. The van der Waals surface area contributed by atoms with Gasteiger partial charge in [-0.2, -0.15) is 0 Å². The Morgan fingerprint density at radius 2 is 1.90 bits per heavy atom. The van der Waals surface area contributed by atoms with E-state index in [0.29, 0.717) is 25.9 Å². The molecule has 1 aromatic rings. The maximum absolute atomic E-state index is 5.61. The van der Waals surface area contributed by atoms with Crippen LogP contribution in [0.1, 0.15) is 38.3 Å². The molecule has 0 atom stereocenters. The standard InChI is InChI=1S/C16H26BrNO2/c1-4-7-19-8-9-20-12-15-6-5-14(10-16(15)17)11-18-13(2)3/h5-6,10,13,18H,4,7-9,11-12H2,1-3H3. The van der Waals surface area contributed by atoms with Crippen LogP contribution in [0.25, 0.3) is 0 Å². The fourth-order valence-electron chi connectivity index (χ4n) is 1.69. The summed E-state index contributed by atoms with van der Waals surface area (Å²) in [5.41, 5.74) is 2.45. The molecule has 4 heteroatoms. The third-order valence-electron chi connectivity index (χ3n) is 2.81. The normalized spacial score (nSPS) is 11.2. The van der Waals surface area contributed by atoms with Gasteiger partial charge in [0.25, 0.3) is 0 Å². The largest absolute Gasteiger partial charge is 0.379 e. The Bertz CT molecular complexity index is 383. The molecule has 0 aliphatic carbocycles. The van der Waals surface area contributed by atoms with Crippen molar-refractivity contribution in [3.8, 4) is 0 Å². The zero-order valence-corrected chi connectivity index (χ0v) is 14.3. The lowest BCUT2D eigenvalue weighted by Gasteiger charge is -2.11.